The molecule has 1 saturated carbocycles. The van der Waals surface area contributed by atoms with Crippen LogP contribution in [0, 0.1) is 0 Å². The van der Waals surface area contributed by atoms with E-state index in [1.807, 2.05) is 0 Å². The van der Waals surface area contributed by atoms with Crippen LogP contribution in [0.4, 0.5) is 0 Å². The van der Waals surface area contributed by atoms with E-state index in [1.165, 1.54) is 7.11 Å². The molecule has 1 aliphatic rings. The third kappa shape index (κ3) is 5.15. The highest BCUT2D eigenvalue weighted by atomic mass is 35.5. The van der Waals surface area contributed by atoms with Gasteiger partial charge in [-0.3, -0.25) is 0 Å². The van der Waals surface area contributed by atoms with E-state index >= 15 is 0 Å². The summed E-state index contributed by atoms with van der Waals surface area (Å²) in [4.78, 5) is 0. The Morgan fingerprint density at radius 1 is 1.33 bits per heavy atom. The van der Waals surface area contributed by atoms with Crippen molar-refractivity contribution in [2.24, 2.45) is 0 Å². The Kier molecular flexibility index (Phi) is 5.32. The molecule has 0 aromatic heterocycles. The number of methoxy groups -OCH3 is 1. The summed E-state index contributed by atoms with van der Waals surface area (Å²) < 4.78 is 30.5. The summed E-state index contributed by atoms with van der Waals surface area (Å²) in [6, 6.07) is 0.0573. The fourth-order valence-corrected chi connectivity index (χ4v) is 3.18. The Hall–Kier alpha value is 0.160. The molecule has 6 heteroatoms. The second-order valence-electron chi connectivity index (χ2n) is 3.88. The molecule has 1 N–H and O–H groups in total. The second-order valence-corrected chi connectivity index (χ2v) is 6.37. The van der Waals surface area contributed by atoms with Gasteiger partial charge in [-0.25, -0.2) is 13.1 Å². The minimum Gasteiger partial charge on any atom is -0.384 e. The van der Waals surface area contributed by atoms with Gasteiger partial charge in [-0.1, -0.05) is 0 Å². The fraction of sp³-hybridized carbons (Fsp3) is 1.00. The number of hydrogen-bond acceptors (Lipinski definition) is 3. The molecule has 4 nitrogen and oxygen atoms in total. The van der Waals surface area contributed by atoms with Crippen molar-refractivity contribution >= 4 is 21.6 Å². The molecule has 0 atom stereocenters. The quantitative estimate of drug-likeness (QED) is 0.749. The predicted molar refractivity (Wildman–Crippen MR) is 60.7 cm³/mol. The third-order valence-corrected chi connectivity index (χ3v) is 4.39. The summed E-state index contributed by atoms with van der Waals surface area (Å²) in [7, 11) is -1.68. The van der Waals surface area contributed by atoms with Gasteiger partial charge in [0.2, 0.25) is 10.0 Å². The minimum absolute atomic E-state index is 0.0320. The summed E-state index contributed by atoms with van der Waals surface area (Å²) in [5.41, 5.74) is 0. The van der Waals surface area contributed by atoms with Gasteiger partial charge in [0.05, 0.1) is 12.4 Å². The number of rotatable bonds is 5. The molecule has 90 valence electrons. The van der Waals surface area contributed by atoms with Crippen LogP contribution in [0.3, 0.4) is 0 Å². The lowest BCUT2D eigenvalue weighted by atomic mass is 9.96. The zero-order valence-electron chi connectivity index (χ0n) is 8.91. The predicted octanol–water partition coefficient (Wildman–Crippen LogP) is 1.10. The molecule has 0 unspecified atom stereocenters. The van der Waals surface area contributed by atoms with Crippen LogP contribution >= 0.6 is 11.6 Å². The average Bonchev–Trinajstić information content (AvgIpc) is 2.18. The number of sulfonamides is 1. The SMILES string of the molecule is COCCS(=O)(=O)NC1CCC(Cl)CC1. The van der Waals surface area contributed by atoms with E-state index in [0.29, 0.717) is 0 Å². The topological polar surface area (TPSA) is 55.4 Å². The zero-order chi connectivity index (χ0) is 11.3. The summed E-state index contributed by atoms with van der Waals surface area (Å²) >= 11 is 5.94. The Balaban J connectivity index is 2.34. The van der Waals surface area contributed by atoms with Crippen LogP contribution in [0.25, 0.3) is 0 Å². The van der Waals surface area contributed by atoms with E-state index < -0.39 is 10.0 Å². The Morgan fingerprint density at radius 2 is 1.93 bits per heavy atom. The maximum Gasteiger partial charge on any atom is 0.214 e. The van der Waals surface area contributed by atoms with Gasteiger partial charge in [-0.05, 0) is 25.7 Å². The van der Waals surface area contributed by atoms with Crippen LogP contribution in [0.2, 0.25) is 0 Å². The first-order chi connectivity index (χ1) is 7.03. The molecule has 0 heterocycles. The van der Waals surface area contributed by atoms with E-state index in [4.69, 9.17) is 16.3 Å². The molecule has 0 radical (unpaired) electrons. The highest BCUT2D eigenvalue weighted by Gasteiger charge is 2.23. The molecular formula is C9H18ClNO3S. The summed E-state index contributed by atoms with van der Waals surface area (Å²) in [6.45, 7) is 0.236. The van der Waals surface area contributed by atoms with Gasteiger partial charge in [-0.15, -0.1) is 11.6 Å². The van der Waals surface area contributed by atoms with Crippen molar-refractivity contribution in [3.63, 3.8) is 0 Å². The van der Waals surface area contributed by atoms with Gasteiger partial charge < -0.3 is 4.74 Å². The number of ether oxygens (including phenoxy) is 1. The molecule has 15 heavy (non-hydrogen) atoms. The van der Waals surface area contributed by atoms with Gasteiger partial charge in [0.1, 0.15) is 0 Å². The van der Waals surface area contributed by atoms with E-state index in [1.54, 1.807) is 0 Å². The summed E-state index contributed by atoms with van der Waals surface area (Å²) in [5.74, 6) is 0.0320. The molecule has 1 aliphatic carbocycles. The van der Waals surface area contributed by atoms with Crippen LogP contribution in [-0.4, -0.2) is 39.3 Å². The first-order valence-corrected chi connectivity index (χ1v) is 7.25. The molecule has 0 spiro atoms. The molecule has 1 fully saturated rings. The minimum atomic E-state index is -3.18. The average molecular weight is 256 g/mol. The van der Waals surface area contributed by atoms with Crippen LogP contribution in [0.5, 0.6) is 0 Å². The summed E-state index contributed by atoms with van der Waals surface area (Å²) in [6.07, 6.45) is 3.44. The monoisotopic (exact) mass is 255 g/mol. The molecule has 0 saturated heterocycles. The van der Waals surface area contributed by atoms with E-state index in [2.05, 4.69) is 4.72 Å². The largest absolute Gasteiger partial charge is 0.384 e. The van der Waals surface area contributed by atoms with Crippen molar-refractivity contribution in [2.75, 3.05) is 19.5 Å². The Morgan fingerprint density at radius 3 is 2.47 bits per heavy atom. The van der Waals surface area contributed by atoms with Crippen molar-refractivity contribution in [1.82, 2.24) is 4.72 Å². The lowest BCUT2D eigenvalue weighted by molar-refractivity contribution is 0.216. The maximum atomic E-state index is 11.5. The molecule has 0 aromatic carbocycles. The number of nitrogens with one attached hydrogen (secondary N) is 1. The van der Waals surface area contributed by atoms with Crippen LogP contribution in [-0.2, 0) is 14.8 Å². The first-order valence-electron chi connectivity index (χ1n) is 5.16. The van der Waals surface area contributed by atoms with Gasteiger partial charge in [0.15, 0.2) is 0 Å². The molecule has 0 aliphatic heterocycles. The standard InChI is InChI=1S/C9H18ClNO3S/c1-14-6-7-15(12,13)11-9-4-2-8(10)3-5-9/h8-9,11H,2-7H2,1H3. The van der Waals surface area contributed by atoms with E-state index in [-0.39, 0.29) is 23.8 Å². The normalized spacial score (nSPS) is 27.9. The highest BCUT2D eigenvalue weighted by molar-refractivity contribution is 7.89. The molecule has 0 amide bonds. The lowest BCUT2D eigenvalue weighted by Gasteiger charge is -2.25. The lowest BCUT2D eigenvalue weighted by Crippen LogP contribution is -2.39. The Bertz CT molecular complexity index is 273. The number of alkyl halides is 1. The van der Waals surface area contributed by atoms with E-state index in [9.17, 15) is 8.42 Å². The number of halogens is 1. The summed E-state index contributed by atoms with van der Waals surface area (Å²) in [5, 5.41) is 0.213. The second kappa shape index (κ2) is 6.03. The van der Waals surface area contributed by atoms with Crippen molar-refractivity contribution in [3.05, 3.63) is 0 Å². The van der Waals surface area contributed by atoms with Crippen LogP contribution in [0.1, 0.15) is 25.7 Å². The third-order valence-electron chi connectivity index (χ3n) is 2.56. The molecule has 1 rings (SSSR count). The fourth-order valence-electron chi connectivity index (χ4n) is 1.68. The van der Waals surface area contributed by atoms with Gasteiger partial charge >= 0.3 is 0 Å². The zero-order valence-corrected chi connectivity index (χ0v) is 10.5. The van der Waals surface area contributed by atoms with Crippen LogP contribution < -0.4 is 4.72 Å². The van der Waals surface area contributed by atoms with E-state index in [0.717, 1.165) is 25.7 Å². The van der Waals surface area contributed by atoms with Crippen LogP contribution in [0.15, 0.2) is 0 Å². The molecule has 0 bridgehead atoms. The van der Waals surface area contributed by atoms with Gasteiger partial charge in [-0.2, -0.15) is 0 Å². The van der Waals surface area contributed by atoms with Crippen molar-refractivity contribution in [3.8, 4) is 0 Å². The molecular weight excluding hydrogens is 238 g/mol. The maximum absolute atomic E-state index is 11.5. The van der Waals surface area contributed by atoms with Crippen molar-refractivity contribution < 1.29 is 13.2 Å². The molecule has 0 aromatic rings. The van der Waals surface area contributed by atoms with Crippen molar-refractivity contribution in [2.45, 2.75) is 37.1 Å². The highest BCUT2D eigenvalue weighted by Crippen LogP contribution is 2.23. The van der Waals surface area contributed by atoms with Crippen molar-refractivity contribution in [1.29, 1.82) is 0 Å². The number of hydrogen-bond donors (Lipinski definition) is 1. The van der Waals surface area contributed by atoms with Gasteiger partial charge in [0.25, 0.3) is 0 Å². The smallest absolute Gasteiger partial charge is 0.214 e. The first kappa shape index (κ1) is 13.2. The Labute approximate surface area is 96.4 Å². The van der Waals surface area contributed by atoms with Gasteiger partial charge in [0, 0.05) is 18.5 Å².